The summed E-state index contributed by atoms with van der Waals surface area (Å²) in [7, 11) is -5.16. The molecule has 0 rings (SSSR count). The van der Waals surface area contributed by atoms with Crippen LogP contribution < -0.4 is 0 Å². The van der Waals surface area contributed by atoms with Gasteiger partial charge < -0.3 is 9.22 Å². The molecule has 0 aliphatic rings. The van der Waals surface area contributed by atoms with Gasteiger partial charge in [-0.15, -0.1) is 0 Å². The lowest BCUT2D eigenvalue weighted by Gasteiger charge is -2.16. The third kappa shape index (κ3) is 6.74. The molecule has 7 heteroatoms. The Kier molecular flexibility index (Phi) is 4.35. The van der Waals surface area contributed by atoms with Crippen molar-refractivity contribution >= 4 is 18.7 Å². The summed E-state index contributed by atoms with van der Waals surface area (Å²) in [5.74, 6) is -0.320. The molecule has 0 heterocycles. The van der Waals surface area contributed by atoms with Crippen LogP contribution in [0.4, 0.5) is 0 Å². The van der Waals surface area contributed by atoms with E-state index in [1.54, 1.807) is 6.55 Å². The molecule has 0 aromatic rings. The molecular weight excluding hydrogens is 200 g/mol. The van der Waals surface area contributed by atoms with E-state index in [4.69, 9.17) is 8.98 Å². The van der Waals surface area contributed by atoms with Crippen molar-refractivity contribution in [2.75, 3.05) is 12.9 Å². The fourth-order valence-electron chi connectivity index (χ4n) is 0.685. The smallest absolute Gasteiger partial charge is 0.331 e. The van der Waals surface area contributed by atoms with Crippen LogP contribution in [0.5, 0.6) is 0 Å². The van der Waals surface area contributed by atoms with Crippen molar-refractivity contribution in [3.05, 3.63) is 0 Å². The van der Waals surface area contributed by atoms with E-state index in [0.717, 1.165) is 0 Å². The van der Waals surface area contributed by atoms with Gasteiger partial charge >= 0.3 is 8.56 Å². The minimum atomic E-state index is -3.90. The fraction of sp³-hybridized carbons (Fsp3) is 1.00. The van der Waals surface area contributed by atoms with E-state index in [1.807, 2.05) is 0 Å². The van der Waals surface area contributed by atoms with E-state index in [9.17, 15) is 13.2 Å². The Morgan fingerprint density at radius 1 is 1.50 bits per heavy atom. The van der Waals surface area contributed by atoms with Crippen molar-refractivity contribution in [1.82, 2.24) is 0 Å². The zero-order valence-corrected chi connectivity index (χ0v) is 8.97. The topological polar surface area (TPSA) is 83.8 Å². The van der Waals surface area contributed by atoms with Crippen LogP contribution in [0.1, 0.15) is 6.42 Å². The predicted molar refractivity (Wildman–Crippen MR) is 46.7 cm³/mol. The normalized spacial score (nSPS) is 17.3. The lowest BCUT2D eigenvalue weighted by atomic mass is 10.6. The van der Waals surface area contributed by atoms with Gasteiger partial charge in [0.2, 0.25) is 0 Å². The second-order valence-electron chi connectivity index (χ2n) is 2.77. The van der Waals surface area contributed by atoms with E-state index in [0.29, 0.717) is 6.04 Å². The third-order valence-corrected chi connectivity index (χ3v) is 4.45. The summed E-state index contributed by atoms with van der Waals surface area (Å²) in [5.41, 5.74) is 0. The molecule has 0 aromatic heterocycles. The Morgan fingerprint density at radius 2 is 2.00 bits per heavy atom. The minimum absolute atomic E-state index is 0.228. The van der Waals surface area contributed by atoms with Gasteiger partial charge in [-0.2, -0.15) is 8.42 Å². The maximum Gasteiger partial charge on any atom is 0.331 e. The maximum absolute atomic E-state index is 10.3. The molecule has 74 valence electrons. The van der Waals surface area contributed by atoms with Gasteiger partial charge in [0.05, 0.1) is 5.75 Å². The van der Waals surface area contributed by atoms with Crippen molar-refractivity contribution in [1.29, 1.82) is 0 Å². The Labute approximate surface area is 73.4 Å². The van der Waals surface area contributed by atoms with Crippen LogP contribution in [0.25, 0.3) is 0 Å². The highest BCUT2D eigenvalue weighted by Crippen LogP contribution is 2.09. The maximum atomic E-state index is 10.3. The summed E-state index contributed by atoms with van der Waals surface area (Å²) >= 11 is 0. The molecule has 0 radical (unpaired) electrons. The molecule has 0 saturated heterocycles. The third-order valence-electron chi connectivity index (χ3n) is 1.48. The zero-order chi connectivity index (χ0) is 9.83. The van der Waals surface area contributed by atoms with E-state index in [-0.39, 0.29) is 12.2 Å². The predicted octanol–water partition coefficient (Wildman–Crippen LogP) is -0.0250. The van der Waals surface area contributed by atoms with Crippen LogP contribution in [0, 0.1) is 0 Å². The van der Waals surface area contributed by atoms with Crippen molar-refractivity contribution < 1.29 is 22.2 Å². The molecule has 0 fully saturated rings. The standard InChI is InChI=1S/C5H14O5SSi/c1-10-12(2,9)5-3-4-11(6,7)8/h9H,3-5H2,1-2H3,(H,6,7,8). The molecule has 0 bridgehead atoms. The second-order valence-corrected chi connectivity index (χ2v) is 7.60. The number of rotatable bonds is 5. The van der Waals surface area contributed by atoms with Gasteiger partial charge in [0.25, 0.3) is 10.1 Å². The van der Waals surface area contributed by atoms with Crippen molar-refractivity contribution in [3.8, 4) is 0 Å². The van der Waals surface area contributed by atoms with Crippen LogP contribution in [-0.4, -0.2) is 39.2 Å². The second kappa shape index (κ2) is 4.33. The van der Waals surface area contributed by atoms with Gasteiger partial charge in [-0.05, 0) is 19.0 Å². The van der Waals surface area contributed by atoms with Gasteiger partial charge in [-0.3, -0.25) is 4.55 Å². The Balaban J connectivity index is 3.72. The van der Waals surface area contributed by atoms with E-state index < -0.39 is 18.7 Å². The van der Waals surface area contributed by atoms with Crippen LogP contribution in [-0.2, 0) is 14.5 Å². The Bertz CT molecular complexity index is 222. The highest BCUT2D eigenvalue weighted by atomic mass is 32.2. The Hall–Kier alpha value is 0.0469. The quantitative estimate of drug-likeness (QED) is 0.496. The molecule has 0 spiro atoms. The van der Waals surface area contributed by atoms with Crippen LogP contribution in [0.3, 0.4) is 0 Å². The molecule has 12 heavy (non-hydrogen) atoms. The zero-order valence-electron chi connectivity index (χ0n) is 7.15. The monoisotopic (exact) mass is 214 g/mol. The summed E-state index contributed by atoms with van der Waals surface area (Å²) in [6.07, 6.45) is 0.228. The molecule has 0 aliphatic heterocycles. The molecule has 2 N–H and O–H groups in total. The fourth-order valence-corrected chi connectivity index (χ4v) is 2.49. The van der Waals surface area contributed by atoms with Crippen molar-refractivity contribution in [2.24, 2.45) is 0 Å². The molecule has 0 amide bonds. The van der Waals surface area contributed by atoms with Crippen molar-refractivity contribution in [2.45, 2.75) is 19.0 Å². The minimum Gasteiger partial charge on any atom is -0.411 e. The highest BCUT2D eigenvalue weighted by Gasteiger charge is 2.24. The van der Waals surface area contributed by atoms with Crippen LogP contribution in [0.15, 0.2) is 0 Å². The van der Waals surface area contributed by atoms with Crippen LogP contribution >= 0.6 is 0 Å². The first-order chi connectivity index (χ1) is 5.27. The largest absolute Gasteiger partial charge is 0.411 e. The van der Waals surface area contributed by atoms with E-state index in [2.05, 4.69) is 0 Å². The summed E-state index contributed by atoms with van der Waals surface area (Å²) in [5, 5.41) is 0. The molecule has 0 aromatic carbocycles. The summed E-state index contributed by atoms with van der Waals surface area (Å²) in [4.78, 5) is 9.36. The van der Waals surface area contributed by atoms with Crippen molar-refractivity contribution in [3.63, 3.8) is 0 Å². The van der Waals surface area contributed by atoms with Gasteiger partial charge in [-0.1, -0.05) is 0 Å². The molecular formula is C5H14O5SSi. The van der Waals surface area contributed by atoms with E-state index >= 15 is 0 Å². The molecule has 0 aliphatic carbocycles. The van der Waals surface area contributed by atoms with E-state index in [1.165, 1.54) is 7.11 Å². The summed E-state index contributed by atoms with van der Waals surface area (Å²) in [6, 6.07) is 0.309. The van der Waals surface area contributed by atoms with Gasteiger partial charge in [0, 0.05) is 7.11 Å². The number of hydrogen-bond donors (Lipinski definition) is 2. The van der Waals surface area contributed by atoms with Gasteiger partial charge in [0.1, 0.15) is 0 Å². The number of hydrogen-bond acceptors (Lipinski definition) is 4. The first-order valence-electron chi connectivity index (χ1n) is 3.49. The summed E-state index contributed by atoms with van der Waals surface area (Å²) < 4.78 is 33.6. The molecule has 1 unspecified atom stereocenters. The summed E-state index contributed by atoms with van der Waals surface area (Å²) in [6.45, 7) is 1.57. The molecule has 5 nitrogen and oxygen atoms in total. The van der Waals surface area contributed by atoms with Gasteiger partial charge in [0.15, 0.2) is 0 Å². The Morgan fingerprint density at radius 3 is 2.33 bits per heavy atom. The lowest BCUT2D eigenvalue weighted by Crippen LogP contribution is -2.33. The highest BCUT2D eigenvalue weighted by molar-refractivity contribution is 7.85. The first kappa shape index (κ1) is 12.0. The molecule has 0 saturated carbocycles. The first-order valence-corrected chi connectivity index (χ1v) is 7.67. The van der Waals surface area contributed by atoms with Crippen LogP contribution in [0.2, 0.25) is 12.6 Å². The molecule has 1 atom stereocenters. The lowest BCUT2D eigenvalue weighted by molar-refractivity contribution is 0.296. The average Bonchev–Trinajstić information content (AvgIpc) is 1.84. The SMILES string of the molecule is CO[Si](C)(O)CCCS(=O)(=O)O. The van der Waals surface area contributed by atoms with Gasteiger partial charge in [-0.25, -0.2) is 0 Å². The average molecular weight is 214 g/mol.